The highest BCUT2D eigenvalue weighted by Crippen LogP contribution is 2.29. The number of nitrogens with zero attached hydrogens (tertiary/aromatic N) is 3. The molecule has 2 aromatic rings. The van der Waals surface area contributed by atoms with Crippen molar-refractivity contribution in [2.24, 2.45) is 0 Å². The number of carbonyl (C=O) groups is 1. The van der Waals surface area contributed by atoms with E-state index in [1.807, 2.05) is 6.07 Å². The Morgan fingerprint density at radius 1 is 1.36 bits per heavy atom. The lowest BCUT2D eigenvalue weighted by Crippen LogP contribution is -2.42. The highest BCUT2D eigenvalue weighted by Gasteiger charge is 2.28. The van der Waals surface area contributed by atoms with Crippen LogP contribution < -0.4 is 0 Å². The van der Waals surface area contributed by atoms with Crippen molar-refractivity contribution in [1.82, 2.24) is 14.9 Å². The second kappa shape index (κ2) is 8.13. The van der Waals surface area contributed by atoms with Crippen molar-refractivity contribution < 1.29 is 9.53 Å². The molecule has 1 amide bonds. The molecular formula is C18H19Cl2N3O2. The van der Waals surface area contributed by atoms with Crippen LogP contribution in [0.15, 0.2) is 30.7 Å². The average Bonchev–Trinajstić information content (AvgIpc) is 2.64. The third-order valence-electron chi connectivity index (χ3n) is 4.18. The van der Waals surface area contributed by atoms with Crippen molar-refractivity contribution in [2.75, 3.05) is 19.7 Å². The van der Waals surface area contributed by atoms with Crippen molar-refractivity contribution in [3.05, 3.63) is 57.6 Å². The number of aryl methyl sites for hydroxylation is 1. The molecule has 0 N–H and O–H groups in total. The van der Waals surface area contributed by atoms with E-state index in [0.29, 0.717) is 35.3 Å². The fraction of sp³-hybridized carbons (Fsp3) is 0.389. The van der Waals surface area contributed by atoms with E-state index in [0.717, 1.165) is 24.1 Å². The smallest absolute Gasteiger partial charge is 0.257 e. The molecule has 1 aliphatic rings. The largest absolute Gasteiger partial charge is 0.370 e. The van der Waals surface area contributed by atoms with Crippen molar-refractivity contribution in [3.8, 4) is 0 Å². The summed E-state index contributed by atoms with van der Waals surface area (Å²) >= 11 is 12.1. The molecule has 0 saturated carbocycles. The number of benzene rings is 1. The van der Waals surface area contributed by atoms with Gasteiger partial charge in [-0.2, -0.15) is 0 Å². The molecule has 0 radical (unpaired) electrons. The molecule has 1 aliphatic heterocycles. The maximum atomic E-state index is 12.9. The summed E-state index contributed by atoms with van der Waals surface area (Å²) in [5, 5.41) is 0.979. The summed E-state index contributed by atoms with van der Waals surface area (Å²) in [5.74, 6) is -0.0580. The Balaban J connectivity index is 1.79. The van der Waals surface area contributed by atoms with Gasteiger partial charge in [-0.05, 0) is 24.1 Å². The van der Waals surface area contributed by atoms with E-state index in [1.54, 1.807) is 23.2 Å². The summed E-state index contributed by atoms with van der Waals surface area (Å²) in [5.41, 5.74) is 2.27. The van der Waals surface area contributed by atoms with Crippen LogP contribution in [0, 0.1) is 0 Å². The number of amides is 1. The monoisotopic (exact) mass is 379 g/mol. The SMILES string of the molecule is CCCc1ncncc1C(=O)N1CCO[C@H](c2ccc(Cl)c(Cl)c2)C1. The number of hydrogen-bond donors (Lipinski definition) is 0. The first-order chi connectivity index (χ1) is 12.1. The lowest BCUT2D eigenvalue weighted by Gasteiger charge is -2.33. The first-order valence-corrected chi connectivity index (χ1v) is 9.00. The highest BCUT2D eigenvalue weighted by molar-refractivity contribution is 6.42. The van der Waals surface area contributed by atoms with E-state index in [9.17, 15) is 4.79 Å². The Morgan fingerprint density at radius 3 is 2.96 bits per heavy atom. The molecule has 1 saturated heterocycles. The molecule has 7 heteroatoms. The first-order valence-electron chi connectivity index (χ1n) is 8.25. The number of rotatable bonds is 4. The summed E-state index contributed by atoms with van der Waals surface area (Å²) in [6.07, 6.45) is 4.53. The average molecular weight is 380 g/mol. The fourth-order valence-electron chi connectivity index (χ4n) is 2.89. The molecule has 3 rings (SSSR count). The van der Waals surface area contributed by atoms with Gasteiger partial charge in [-0.25, -0.2) is 9.97 Å². The molecular weight excluding hydrogens is 361 g/mol. The molecule has 1 fully saturated rings. The Labute approximate surface area is 156 Å². The molecule has 2 heterocycles. The Kier molecular flexibility index (Phi) is 5.89. The van der Waals surface area contributed by atoms with Gasteiger partial charge in [0.05, 0.1) is 34.5 Å². The molecule has 132 valence electrons. The van der Waals surface area contributed by atoms with Crippen LogP contribution in [-0.2, 0) is 11.2 Å². The van der Waals surface area contributed by atoms with Gasteiger partial charge in [0.25, 0.3) is 5.91 Å². The van der Waals surface area contributed by atoms with Crippen molar-refractivity contribution in [3.63, 3.8) is 0 Å². The van der Waals surface area contributed by atoms with Gasteiger partial charge in [0.15, 0.2) is 0 Å². The molecule has 1 aromatic carbocycles. The van der Waals surface area contributed by atoms with E-state index in [1.165, 1.54) is 6.33 Å². The first kappa shape index (κ1) is 18.1. The summed E-state index contributed by atoms with van der Waals surface area (Å²) in [6, 6.07) is 5.41. The minimum absolute atomic E-state index is 0.0580. The zero-order chi connectivity index (χ0) is 17.8. The van der Waals surface area contributed by atoms with Crippen molar-refractivity contribution >= 4 is 29.1 Å². The van der Waals surface area contributed by atoms with Crippen molar-refractivity contribution in [1.29, 1.82) is 0 Å². The zero-order valence-electron chi connectivity index (χ0n) is 13.9. The maximum absolute atomic E-state index is 12.9. The van der Waals surface area contributed by atoms with Gasteiger partial charge in [0, 0.05) is 12.7 Å². The number of hydrogen-bond acceptors (Lipinski definition) is 4. The van der Waals surface area contributed by atoms with Gasteiger partial charge in [-0.3, -0.25) is 4.79 Å². The van der Waals surface area contributed by atoms with E-state index >= 15 is 0 Å². The molecule has 1 aromatic heterocycles. The molecule has 0 spiro atoms. The minimum Gasteiger partial charge on any atom is -0.370 e. The third kappa shape index (κ3) is 4.11. The summed E-state index contributed by atoms with van der Waals surface area (Å²) in [7, 11) is 0. The van der Waals surface area contributed by atoms with Crippen LogP contribution in [0.3, 0.4) is 0 Å². The summed E-state index contributed by atoms with van der Waals surface area (Å²) in [6.45, 7) is 3.52. The molecule has 0 unspecified atom stereocenters. The van der Waals surface area contributed by atoms with Gasteiger partial charge in [0.2, 0.25) is 0 Å². The van der Waals surface area contributed by atoms with E-state index in [2.05, 4.69) is 16.9 Å². The quantitative estimate of drug-likeness (QED) is 0.806. The van der Waals surface area contributed by atoms with Crippen LogP contribution in [0.2, 0.25) is 10.0 Å². The lowest BCUT2D eigenvalue weighted by molar-refractivity contribution is -0.0228. The summed E-state index contributed by atoms with van der Waals surface area (Å²) < 4.78 is 5.83. The third-order valence-corrected chi connectivity index (χ3v) is 4.92. The Hall–Kier alpha value is -1.69. The van der Waals surface area contributed by atoms with Crippen LogP contribution in [0.5, 0.6) is 0 Å². The van der Waals surface area contributed by atoms with E-state index in [-0.39, 0.29) is 12.0 Å². The molecule has 0 bridgehead atoms. The predicted octanol–water partition coefficient (Wildman–Crippen LogP) is 3.95. The molecule has 0 aliphatic carbocycles. The van der Waals surface area contributed by atoms with Crippen LogP contribution in [0.1, 0.15) is 41.1 Å². The Bertz CT molecular complexity index is 770. The highest BCUT2D eigenvalue weighted by atomic mass is 35.5. The van der Waals surface area contributed by atoms with Gasteiger partial charge < -0.3 is 9.64 Å². The number of carbonyl (C=O) groups excluding carboxylic acids is 1. The summed E-state index contributed by atoms with van der Waals surface area (Å²) in [4.78, 5) is 23.0. The second-order valence-corrected chi connectivity index (χ2v) is 6.73. The normalized spacial score (nSPS) is 17.6. The fourth-order valence-corrected chi connectivity index (χ4v) is 3.19. The maximum Gasteiger partial charge on any atom is 0.257 e. The van der Waals surface area contributed by atoms with Crippen molar-refractivity contribution in [2.45, 2.75) is 25.9 Å². The topological polar surface area (TPSA) is 55.3 Å². The van der Waals surface area contributed by atoms with Crippen LogP contribution in [-0.4, -0.2) is 40.5 Å². The lowest BCUT2D eigenvalue weighted by atomic mass is 10.1. The number of halogens is 2. The predicted molar refractivity (Wildman–Crippen MR) is 97.1 cm³/mol. The standard InChI is InChI=1S/C18H19Cl2N3O2/c1-2-3-16-13(9-21-11-22-16)18(24)23-6-7-25-17(10-23)12-4-5-14(19)15(20)8-12/h4-5,8-9,11,17H,2-3,6-7,10H2,1H3/t17-/m0/s1. The number of morpholine rings is 1. The molecule has 25 heavy (non-hydrogen) atoms. The van der Waals surface area contributed by atoms with Crippen LogP contribution in [0.4, 0.5) is 0 Å². The van der Waals surface area contributed by atoms with Gasteiger partial charge in [-0.15, -0.1) is 0 Å². The van der Waals surface area contributed by atoms with Gasteiger partial charge in [0.1, 0.15) is 12.4 Å². The molecule has 5 nitrogen and oxygen atoms in total. The number of ether oxygens (including phenoxy) is 1. The number of aromatic nitrogens is 2. The van der Waals surface area contributed by atoms with Gasteiger partial charge >= 0.3 is 0 Å². The Morgan fingerprint density at radius 2 is 2.20 bits per heavy atom. The van der Waals surface area contributed by atoms with Crippen LogP contribution >= 0.6 is 23.2 Å². The molecule has 1 atom stereocenters. The zero-order valence-corrected chi connectivity index (χ0v) is 15.4. The van der Waals surface area contributed by atoms with Gasteiger partial charge in [-0.1, -0.05) is 42.6 Å². The minimum atomic E-state index is -0.230. The van der Waals surface area contributed by atoms with E-state index in [4.69, 9.17) is 27.9 Å². The van der Waals surface area contributed by atoms with Crippen LogP contribution in [0.25, 0.3) is 0 Å². The second-order valence-electron chi connectivity index (χ2n) is 5.92. The van der Waals surface area contributed by atoms with E-state index < -0.39 is 0 Å².